The van der Waals surface area contributed by atoms with Crippen LogP contribution in [0.3, 0.4) is 0 Å². The summed E-state index contributed by atoms with van der Waals surface area (Å²) >= 11 is 1.03. The van der Waals surface area contributed by atoms with Crippen LogP contribution in [0.15, 0.2) is 83.7 Å². The molecule has 12 heteroatoms. The van der Waals surface area contributed by atoms with Gasteiger partial charge in [0.05, 0.1) is 26.8 Å². The van der Waals surface area contributed by atoms with Gasteiger partial charge < -0.3 is 19.7 Å². The Kier molecular flexibility index (Phi) is 8.72. The van der Waals surface area contributed by atoms with E-state index in [-0.39, 0.29) is 34.4 Å². The number of ether oxygens (including phenoxy) is 2. The number of fused-ring (bicyclic) bond motifs is 1. The van der Waals surface area contributed by atoms with E-state index in [0.29, 0.717) is 35.2 Å². The fourth-order valence-corrected chi connectivity index (χ4v) is 6.75. The van der Waals surface area contributed by atoms with Crippen molar-refractivity contribution in [2.75, 3.05) is 25.7 Å². The van der Waals surface area contributed by atoms with Crippen LogP contribution in [0.1, 0.15) is 48.3 Å². The average Bonchev–Trinajstić information content (AvgIpc) is 3.75. The second-order valence-electron chi connectivity index (χ2n) is 11.1. The van der Waals surface area contributed by atoms with Crippen LogP contribution in [-0.2, 0) is 17.3 Å². The zero-order valence-corrected chi connectivity index (χ0v) is 26.4. The third kappa shape index (κ3) is 5.92. The van der Waals surface area contributed by atoms with Gasteiger partial charge in [0.15, 0.2) is 21.3 Å². The van der Waals surface area contributed by atoms with Crippen molar-refractivity contribution in [1.82, 2.24) is 19.9 Å². The molecule has 0 aliphatic carbocycles. The maximum atomic E-state index is 16.2. The molecule has 0 bridgehead atoms. The van der Waals surface area contributed by atoms with Crippen LogP contribution in [0, 0.1) is 0 Å². The predicted molar refractivity (Wildman–Crippen MR) is 173 cm³/mol. The van der Waals surface area contributed by atoms with E-state index in [1.807, 2.05) is 42.2 Å². The molecule has 2 aromatic heterocycles. The molecule has 2 atom stereocenters. The molecule has 1 fully saturated rings. The SMILES string of the molecule is COc1ccc(Cn2c(C(F)(F)c3ccccc3)nc3sc(N4CCC[C@@H]4C(=O)N[C@H](C)c4ccccc4)nc3c2=O)c(OC)c1. The molecule has 3 heterocycles. The number of nitrogens with zero attached hydrogens (tertiary/aromatic N) is 4. The summed E-state index contributed by atoms with van der Waals surface area (Å²) < 4.78 is 44.2. The average molecular weight is 646 g/mol. The molecule has 1 N–H and O–H groups in total. The van der Waals surface area contributed by atoms with Crippen LogP contribution in [0.5, 0.6) is 11.5 Å². The van der Waals surface area contributed by atoms with Gasteiger partial charge >= 0.3 is 5.92 Å². The quantitative estimate of drug-likeness (QED) is 0.202. The molecule has 3 aromatic carbocycles. The molecule has 9 nitrogen and oxygen atoms in total. The number of hydrogen-bond acceptors (Lipinski definition) is 8. The zero-order chi connectivity index (χ0) is 32.4. The molecule has 46 heavy (non-hydrogen) atoms. The summed E-state index contributed by atoms with van der Waals surface area (Å²) in [6.45, 7) is 2.20. The minimum atomic E-state index is -3.61. The highest BCUT2D eigenvalue weighted by molar-refractivity contribution is 7.21. The Morgan fingerprint density at radius 1 is 1.04 bits per heavy atom. The second kappa shape index (κ2) is 12.9. The molecule has 238 valence electrons. The van der Waals surface area contributed by atoms with Crippen molar-refractivity contribution in [2.24, 2.45) is 0 Å². The number of methoxy groups -OCH3 is 2. The molecule has 5 aromatic rings. The van der Waals surface area contributed by atoms with E-state index in [1.54, 1.807) is 24.3 Å². The normalized spacial score (nSPS) is 15.6. The van der Waals surface area contributed by atoms with Crippen LogP contribution in [-0.4, -0.2) is 47.2 Å². The van der Waals surface area contributed by atoms with E-state index in [0.717, 1.165) is 27.9 Å². The van der Waals surface area contributed by atoms with Crippen LogP contribution in [0.25, 0.3) is 10.3 Å². The van der Waals surface area contributed by atoms with Crippen molar-refractivity contribution in [3.05, 3.63) is 112 Å². The van der Waals surface area contributed by atoms with Crippen LogP contribution >= 0.6 is 11.3 Å². The summed E-state index contributed by atoms with van der Waals surface area (Å²) in [5, 5.41) is 3.47. The van der Waals surface area contributed by atoms with Gasteiger partial charge in [0.25, 0.3) is 5.56 Å². The molecular weight excluding hydrogens is 612 g/mol. The molecule has 1 aliphatic heterocycles. The number of carbonyl (C=O) groups is 1. The van der Waals surface area contributed by atoms with Gasteiger partial charge in [-0.15, -0.1) is 0 Å². The minimum Gasteiger partial charge on any atom is -0.497 e. The number of rotatable bonds is 10. The lowest BCUT2D eigenvalue weighted by atomic mass is 10.1. The number of anilines is 1. The number of benzene rings is 3. The fraction of sp³-hybridized carbons (Fsp3) is 0.294. The Labute approximate surface area is 268 Å². The Morgan fingerprint density at radius 2 is 1.76 bits per heavy atom. The van der Waals surface area contributed by atoms with Gasteiger partial charge in [0.1, 0.15) is 17.5 Å². The molecule has 0 spiro atoms. The third-order valence-electron chi connectivity index (χ3n) is 8.21. The lowest BCUT2D eigenvalue weighted by Crippen LogP contribution is -2.44. The van der Waals surface area contributed by atoms with Crippen molar-refractivity contribution in [3.63, 3.8) is 0 Å². The van der Waals surface area contributed by atoms with Gasteiger partial charge in [0, 0.05) is 23.7 Å². The Bertz CT molecular complexity index is 1920. The first-order valence-corrected chi connectivity index (χ1v) is 15.7. The summed E-state index contributed by atoms with van der Waals surface area (Å²) in [4.78, 5) is 38.4. The smallest absolute Gasteiger partial charge is 0.330 e. The van der Waals surface area contributed by atoms with Gasteiger partial charge in [-0.2, -0.15) is 8.78 Å². The topological polar surface area (TPSA) is 98.6 Å². The monoisotopic (exact) mass is 645 g/mol. The van der Waals surface area contributed by atoms with Crippen molar-refractivity contribution in [3.8, 4) is 11.5 Å². The summed E-state index contributed by atoms with van der Waals surface area (Å²) in [5.41, 5.74) is 0.407. The largest absolute Gasteiger partial charge is 0.497 e. The third-order valence-corrected chi connectivity index (χ3v) is 9.19. The molecule has 6 rings (SSSR count). The number of amides is 1. The van der Waals surface area contributed by atoms with E-state index < -0.39 is 23.3 Å². The van der Waals surface area contributed by atoms with Crippen LogP contribution < -0.4 is 25.2 Å². The van der Waals surface area contributed by atoms with Crippen molar-refractivity contribution < 1.29 is 23.0 Å². The maximum Gasteiger partial charge on any atom is 0.330 e. The molecule has 0 radical (unpaired) electrons. The Morgan fingerprint density at radius 3 is 2.46 bits per heavy atom. The Hall–Kier alpha value is -4.84. The predicted octanol–water partition coefficient (Wildman–Crippen LogP) is 5.90. The van der Waals surface area contributed by atoms with E-state index in [2.05, 4.69) is 15.3 Å². The number of nitrogens with one attached hydrogen (secondary N) is 1. The maximum absolute atomic E-state index is 16.2. The highest BCUT2D eigenvalue weighted by atomic mass is 32.1. The summed E-state index contributed by atoms with van der Waals surface area (Å²) in [7, 11) is 2.96. The minimum absolute atomic E-state index is 0.0381. The van der Waals surface area contributed by atoms with E-state index in [4.69, 9.17) is 9.47 Å². The van der Waals surface area contributed by atoms with E-state index >= 15 is 8.78 Å². The second-order valence-corrected chi connectivity index (χ2v) is 12.0. The lowest BCUT2D eigenvalue weighted by molar-refractivity contribution is -0.122. The van der Waals surface area contributed by atoms with Gasteiger partial charge in [-0.05, 0) is 37.5 Å². The number of hydrogen-bond donors (Lipinski definition) is 1. The first kappa shape index (κ1) is 31.2. The van der Waals surface area contributed by atoms with E-state index in [1.165, 1.54) is 38.5 Å². The fourth-order valence-electron chi connectivity index (χ4n) is 5.74. The first-order valence-electron chi connectivity index (χ1n) is 14.9. The summed E-state index contributed by atoms with van der Waals surface area (Å²) in [5.74, 6) is -3.60. The number of aromatic nitrogens is 3. The number of alkyl halides is 2. The number of carbonyl (C=O) groups excluding carboxylic acids is 1. The highest BCUT2D eigenvalue weighted by Crippen LogP contribution is 2.38. The molecule has 1 aliphatic rings. The van der Waals surface area contributed by atoms with Gasteiger partial charge in [-0.3, -0.25) is 14.2 Å². The van der Waals surface area contributed by atoms with Crippen molar-refractivity contribution >= 4 is 32.7 Å². The first-order chi connectivity index (χ1) is 22.2. The molecule has 0 unspecified atom stereocenters. The van der Waals surface area contributed by atoms with E-state index in [9.17, 15) is 9.59 Å². The standard InChI is InChI=1S/C34H33F2N5O4S/c1-21(22-11-6-4-7-12-22)37-29(42)26-15-10-18-40(26)33-38-28-30(46-33)39-32(34(35,36)24-13-8-5-9-14-24)41(31(28)43)20-23-16-17-25(44-2)19-27(23)45-3/h4-9,11-14,16-17,19,21,26H,10,15,18,20H2,1-3H3,(H,37,42)/t21-,26-/m1/s1. The van der Waals surface area contributed by atoms with Crippen molar-refractivity contribution in [1.29, 1.82) is 0 Å². The number of halogens is 2. The van der Waals surface area contributed by atoms with Gasteiger partial charge in [-0.1, -0.05) is 72.0 Å². The van der Waals surface area contributed by atoms with Crippen LogP contribution in [0.2, 0.25) is 0 Å². The van der Waals surface area contributed by atoms with Crippen molar-refractivity contribution in [2.45, 2.75) is 44.3 Å². The molecule has 1 amide bonds. The Balaban J connectivity index is 1.41. The number of thiazole rings is 1. The molecule has 0 saturated carbocycles. The summed E-state index contributed by atoms with van der Waals surface area (Å²) in [6, 6.07) is 21.1. The molecule has 1 saturated heterocycles. The highest BCUT2D eigenvalue weighted by Gasteiger charge is 2.41. The molecular formula is C34H33F2N5O4S. The summed E-state index contributed by atoms with van der Waals surface area (Å²) in [6.07, 6.45) is 1.33. The lowest BCUT2D eigenvalue weighted by Gasteiger charge is -2.25. The van der Waals surface area contributed by atoms with Gasteiger partial charge in [0.2, 0.25) is 5.91 Å². The van der Waals surface area contributed by atoms with Gasteiger partial charge in [-0.25, -0.2) is 9.97 Å². The zero-order valence-electron chi connectivity index (χ0n) is 25.6. The van der Waals surface area contributed by atoms with Crippen LogP contribution in [0.4, 0.5) is 13.9 Å².